The van der Waals surface area contributed by atoms with Gasteiger partial charge < -0.3 is 25.8 Å². The highest BCUT2D eigenvalue weighted by molar-refractivity contribution is 6.08. The van der Waals surface area contributed by atoms with E-state index in [0.717, 1.165) is 30.6 Å². The molecule has 3 aliphatic heterocycles. The number of likely N-dealkylation sites (tertiary alicyclic amines) is 1. The van der Waals surface area contributed by atoms with Crippen LogP contribution in [-0.4, -0.2) is 82.9 Å². The molecule has 0 radical (unpaired) electrons. The molecule has 4 N–H and O–H groups in total. The molecule has 3 aliphatic rings. The second kappa shape index (κ2) is 13.1. The molecular formula is C35H34F2N8O4. The monoisotopic (exact) mass is 668 g/mol. The molecule has 3 aromatic carbocycles. The smallest absolute Gasteiger partial charge is 0.332 e. The lowest BCUT2D eigenvalue weighted by Crippen LogP contribution is -2.39. The van der Waals surface area contributed by atoms with Crippen molar-refractivity contribution in [3.05, 3.63) is 88.7 Å². The zero-order valence-electron chi connectivity index (χ0n) is 26.7. The number of imidazole rings is 1. The Hall–Kier alpha value is -5.63. The number of nitrogens with zero attached hydrogens (tertiary/aromatic N) is 4. The van der Waals surface area contributed by atoms with Gasteiger partial charge in [-0.15, -0.1) is 0 Å². The van der Waals surface area contributed by atoms with Crippen LogP contribution in [0.1, 0.15) is 44.9 Å². The first-order valence-electron chi connectivity index (χ1n) is 16.1. The number of nitrogens with one attached hydrogen (secondary N) is 4. The standard InChI is InChI=1S/C35H34F2N8O4/c1-20-30(33(47)38-12-15-43-13-2-3-14-43)42-31(40-20)26-11-10-24(27-19-39-32(46)29(26)27)25-9-6-22(18-28(25)37)41-34(48)45-17-16-44(35(45)49)23-7-4-21(36)5-8-23/h4-11,18H,2-3,12-17,19H2,1H3,(H,38,47)(H,39,46)(H,40,42)(H,41,48). The number of amides is 6. The Kier molecular flexibility index (Phi) is 8.55. The van der Waals surface area contributed by atoms with Crippen LogP contribution in [0.5, 0.6) is 0 Å². The number of fused-ring (bicyclic) bond motifs is 1. The SMILES string of the molecule is Cc1[nH]c(-c2ccc(-c3ccc(NC(=O)N4CCN(c5ccc(F)cc5)C4=O)cc3F)c3c2C(=O)NC3)nc1C(=O)NCCN1CCCC1. The predicted octanol–water partition coefficient (Wildman–Crippen LogP) is 4.87. The van der Waals surface area contributed by atoms with E-state index in [1.807, 2.05) is 0 Å². The van der Waals surface area contributed by atoms with Gasteiger partial charge >= 0.3 is 12.1 Å². The molecule has 4 heterocycles. The van der Waals surface area contributed by atoms with Crippen LogP contribution in [0.3, 0.4) is 0 Å². The highest BCUT2D eigenvalue weighted by Gasteiger charge is 2.34. The van der Waals surface area contributed by atoms with Gasteiger partial charge in [0.2, 0.25) is 0 Å². The highest BCUT2D eigenvalue weighted by atomic mass is 19.1. The minimum atomic E-state index is -0.727. The first kappa shape index (κ1) is 31.9. The molecule has 14 heteroatoms. The Balaban J connectivity index is 1.07. The largest absolute Gasteiger partial charge is 0.349 e. The number of carbonyl (C=O) groups excluding carboxylic acids is 4. The number of carbonyl (C=O) groups is 4. The van der Waals surface area contributed by atoms with Crippen molar-refractivity contribution in [3.8, 4) is 22.5 Å². The van der Waals surface area contributed by atoms with Crippen LogP contribution in [0, 0.1) is 18.6 Å². The number of hydrogen-bond donors (Lipinski definition) is 4. The van der Waals surface area contributed by atoms with Crippen molar-refractivity contribution in [2.24, 2.45) is 0 Å². The van der Waals surface area contributed by atoms with Gasteiger partial charge in [-0.25, -0.2) is 28.3 Å². The van der Waals surface area contributed by atoms with Gasteiger partial charge in [0.15, 0.2) is 0 Å². The summed E-state index contributed by atoms with van der Waals surface area (Å²) >= 11 is 0. The number of H-pyrrole nitrogens is 1. The Morgan fingerprint density at radius 1 is 0.918 bits per heavy atom. The van der Waals surface area contributed by atoms with Crippen LogP contribution in [0.4, 0.5) is 29.7 Å². The van der Waals surface area contributed by atoms with Crippen molar-refractivity contribution in [3.63, 3.8) is 0 Å². The molecule has 1 aromatic heterocycles. The van der Waals surface area contributed by atoms with Crippen molar-refractivity contribution in [1.29, 1.82) is 0 Å². The van der Waals surface area contributed by atoms with Gasteiger partial charge in [-0.3, -0.25) is 14.5 Å². The topological polar surface area (TPSA) is 143 Å². The minimum Gasteiger partial charge on any atom is -0.349 e. The van der Waals surface area contributed by atoms with Gasteiger partial charge in [0.25, 0.3) is 11.8 Å². The molecule has 0 spiro atoms. The van der Waals surface area contributed by atoms with Crippen LogP contribution < -0.4 is 20.9 Å². The molecule has 2 saturated heterocycles. The van der Waals surface area contributed by atoms with E-state index in [-0.39, 0.29) is 48.4 Å². The molecule has 4 aromatic rings. The van der Waals surface area contributed by atoms with E-state index >= 15 is 4.39 Å². The molecule has 12 nitrogen and oxygen atoms in total. The molecule has 6 amide bonds. The number of aromatic amines is 1. The van der Waals surface area contributed by atoms with E-state index in [1.165, 1.54) is 54.1 Å². The van der Waals surface area contributed by atoms with Gasteiger partial charge in [0.1, 0.15) is 23.2 Å². The number of hydrogen-bond acceptors (Lipinski definition) is 6. The number of aromatic nitrogens is 2. The van der Waals surface area contributed by atoms with E-state index in [4.69, 9.17) is 0 Å². The van der Waals surface area contributed by atoms with Gasteiger partial charge in [-0.2, -0.15) is 0 Å². The Morgan fingerprint density at radius 2 is 1.65 bits per heavy atom. The quantitative estimate of drug-likeness (QED) is 0.211. The maximum atomic E-state index is 15.6. The second-order valence-electron chi connectivity index (χ2n) is 12.2. The first-order valence-corrected chi connectivity index (χ1v) is 16.1. The summed E-state index contributed by atoms with van der Waals surface area (Å²) in [6, 6.07) is 11.6. The van der Waals surface area contributed by atoms with Gasteiger partial charge in [-0.1, -0.05) is 6.07 Å². The molecule has 0 atom stereocenters. The average molecular weight is 669 g/mol. The number of imide groups is 1. The second-order valence-corrected chi connectivity index (χ2v) is 12.2. The summed E-state index contributed by atoms with van der Waals surface area (Å²) in [6.45, 7) is 5.60. The molecule has 2 fully saturated rings. The van der Waals surface area contributed by atoms with E-state index in [0.29, 0.717) is 46.0 Å². The zero-order chi connectivity index (χ0) is 34.2. The van der Waals surface area contributed by atoms with Crippen molar-refractivity contribution < 1.29 is 28.0 Å². The number of halogens is 2. The van der Waals surface area contributed by atoms with Crippen LogP contribution in [-0.2, 0) is 6.54 Å². The zero-order valence-corrected chi connectivity index (χ0v) is 26.7. The summed E-state index contributed by atoms with van der Waals surface area (Å²) in [7, 11) is 0. The normalized spacial score (nSPS) is 15.9. The number of anilines is 2. The average Bonchev–Trinajstić information content (AvgIpc) is 3.90. The van der Waals surface area contributed by atoms with Crippen LogP contribution in [0.15, 0.2) is 54.6 Å². The number of benzene rings is 3. The van der Waals surface area contributed by atoms with Crippen LogP contribution in [0.25, 0.3) is 22.5 Å². The third-order valence-electron chi connectivity index (χ3n) is 9.14. The molecule has 0 bridgehead atoms. The van der Waals surface area contributed by atoms with E-state index in [1.54, 1.807) is 19.1 Å². The lowest BCUT2D eigenvalue weighted by Gasteiger charge is -2.18. The molecule has 49 heavy (non-hydrogen) atoms. The molecule has 0 saturated carbocycles. The molecule has 0 aliphatic carbocycles. The number of urea groups is 2. The fourth-order valence-corrected chi connectivity index (χ4v) is 6.61. The summed E-state index contributed by atoms with van der Waals surface area (Å²) < 4.78 is 29.0. The summed E-state index contributed by atoms with van der Waals surface area (Å²) in [5.41, 5.74) is 3.50. The fourth-order valence-electron chi connectivity index (χ4n) is 6.61. The van der Waals surface area contributed by atoms with E-state index in [2.05, 4.69) is 30.8 Å². The highest BCUT2D eigenvalue weighted by Crippen LogP contribution is 2.37. The summed E-state index contributed by atoms with van der Waals surface area (Å²) in [5, 5.41) is 8.32. The Bertz CT molecular complexity index is 1970. The van der Waals surface area contributed by atoms with Gasteiger partial charge in [0.05, 0.1) is 12.1 Å². The third-order valence-corrected chi connectivity index (χ3v) is 9.14. The molecular weight excluding hydrogens is 634 g/mol. The van der Waals surface area contributed by atoms with Crippen LogP contribution in [0.2, 0.25) is 0 Å². The van der Waals surface area contributed by atoms with Crippen molar-refractivity contribution in [2.75, 3.05) is 49.5 Å². The predicted molar refractivity (Wildman–Crippen MR) is 178 cm³/mol. The van der Waals surface area contributed by atoms with Crippen molar-refractivity contribution in [2.45, 2.75) is 26.3 Å². The molecule has 7 rings (SSSR count). The van der Waals surface area contributed by atoms with Crippen molar-refractivity contribution in [1.82, 2.24) is 30.4 Å². The lowest BCUT2D eigenvalue weighted by molar-refractivity contribution is 0.0942. The maximum absolute atomic E-state index is 15.6. The van der Waals surface area contributed by atoms with Crippen LogP contribution >= 0.6 is 0 Å². The van der Waals surface area contributed by atoms with E-state index < -0.39 is 23.7 Å². The summed E-state index contributed by atoms with van der Waals surface area (Å²) in [4.78, 5) is 64.2. The van der Waals surface area contributed by atoms with Gasteiger partial charge in [0, 0.05) is 54.4 Å². The Labute approximate surface area is 280 Å². The first-order chi connectivity index (χ1) is 23.7. The van der Waals surface area contributed by atoms with Gasteiger partial charge in [-0.05, 0) is 92.5 Å². The number of aryl methyl sites for hydroxylation is 1. The molecule has 252 valence electrons. The van der Waals surface area contributed by atoms with E-state index in [9.17, 15) is 23.6 Å². The lowest BCUT2D eigenvalue weighted by atomic mass is 9.92. The maximum Gasteiger partial charge on any atom is 0.332 e. The molecule has 0 unspecified atom stereocenters. The third kappa shape index (κ3) is 6.22. The summed E-state index contributed by atoms with van der Waals surface area (Å²) in [6.07, 6.45) is 2.34. The minimum absolute atomic E-state index is 0.0994. The Morgan fingerprint density at radius 3 is 2.41 bits per heavy atom. The summed E-state index contributed by atoms with van der Waals surface area (Å²) in [5.74, 6) is -1.37. The number of rotatable bonds is 8. The fraction of sp³-hybridized carbons (Fsp3) is 0.286. The van der Waals surface area contributed by atoms with Crippen molar-refractivity contribution >= 4 is 35.3 Å².